The van der Waals surface area contributed by atoms with Crippen molar-refractivity contribution < 1.29 is 17.7 Å². The van der Waals surface area contributed by atoms with Gasteiger partial charge >= 0.3 is 0 Å². The van der Waals surface area contributed by atoms with Crippen LogP contribution in [-0.4, -0.2) is 19.1 Å². The van der Waals surface area contributed by atoms with Crippen LogP contribution >= 0.6 is 0 Å². The van der Waals surface area contributed by atoms with Gasteiger partial charge in [0, 0.05) is 92.7 Å². The van der Waals surface area contributed by atoms with Crippen molar-refractivity contribution in [3.63, 3.8) is 0 Å². The van der Waals surface area contributed by atoms with Crippen molar-refractivity contribution in [1.29, 1.82) is 0 Å². The zero-order valence-corrected chi connectivity index (χ0v) is 54.6. The fourth-order valence-electron chi connectivity index (χ4n) is 16.0. The first-order valence-electron chi connectivity index (χ1n) is 34.5. The van der Waals surface area contributed by atoms with Gasteiger partial charge in [0.05, 0.1) is 33.5 Å². The maximum absolute atomic E-state index is 6.53. The molecule has 0 aliphatic rings. The number of para-hydroxylation sites is 4. The topological polar surface area (TPSA) is 88.2 Å². The molecule has 0 atom stereocenters. The third-order valence-corrected chi connectivity index (χ3v) is 20.9. The molecule has 22 aromatic rings. The molecule has 8 heteroatoms. The normalized spacial score (nSPS) is 12.1. The van der Waals surface area contributed by atoms with Gasteiger partial charge in [0.1, 0.15) is 44.7 Å². The van der Waals surface area contributed by atoms with E-state index in [4.69, 9.17) is 27.6 Å². The minimum absolute atomic E-state index is 0.635. The van der Waals surface area contributed by atoms with Crippen LogP contribution in [-0.2, 0) is 0 Å². The van der Waals surface area contributed by atoms with Gasteiger partial charge in [0.2, 0.25) is 0 Å². The quantitative estimate of drug-likeness (QED) is 0.143. The van der Waals surface area contributed by atoms with Gasteiger partial charge < -0.3 is 26.8 Å². The van der Waals surface area contributed by atoms with Gasteiger partial charge in [-0.05, 0) is 190 Å². The van der Waals surface area contributed by atoms with Crippen molar-refractivity contribution in [2.24, 2.45) is 0 Å². The molecule has 0 fully saturated rings. The lowest BCUT2D eigenvalue weighted by atomic mass is 9.99. The van der Waals surface area contributed by atoms with Gasteiger partial charge in [-0.1, -0.05) is 182 Å². The summed E-state index contributed by atoms with van der Waals surface area (Å²) in [6, 6.07) is 117. The Labute approximate surface area is 582 Å². The van der Waals surface area contributed by atoms with Crippen LogP contribution in [0, 0.1) is 0 Å². The van der Waals surface area contributed by atoms with Crippen molar-refractivity contribution in [2.75, 3.05) is 0 Å². The molecule has 0 aliphatic heterocycles. The van der Waals surface area contributed by atoms with Gasteiger partial charge in [-0.2, -0.15) is 0 Å². The molecule has 0 bridgehead atoms. The van der Waals surface area contributed by atoms with Crippen LogP contribution in [0.25, 0.3) is 221 Å². The summed E-state index contributed by atoms with van der Waals surface area (Å²) in [4.78, 5) is 10.9. The molecule has 7 heterocycles. The van der Waals surface area contributed by atoms with E-state index >= 15 is 0 Å². The van der Waals surface area contributed by atoms with E-state index in [1.165, 1.54) is 0 Å². The van der Waals surface area contributed by atoms with E-state index < -0.39 is 0 Å². The molecule has 0 amide bonds. The number of hydrogen-bond donors (Lipinski definition) is 0. The van der Waals surface area contributed by atoms with Crippen molar-refractivity contribution in [3.05, 3.63) is 328 Å². The molecule has 0 N–H and O–H groups in total. The molecule has 8 nitrogen and oxygen atoms in total. The molecule has 102 heavy (non-hydrogen) atoms. The van der Waals surface area contributed by atoms with Gasteiger partial charge in [-0.3, -0.25) is 0 Å². The number of hydrogen-bond acceptors (Lipinski definition) is 6. The fraction of sp³-hybridized carbons (Fsp3) is 0. The highest BCUT2D eigenvalue weighted by molar-refractivity contribution is 6.16. The van der Waals surface area contributed by atoms with E-state index in [0.717, 1.165) is 215 Å². The second-order valence-electron chi connectivity index (χ2n) is 26.8. The lowest BCUT2D eigenvalue weighted by Gasteiger charge is -2.17. The molecule has 0 radical (unpaired) electrons. The maximum Gasteiger partial charge on any atom is 0.160 e. The molecule has 15 aromatic carbocycles. The maximum atomic E-state index is 6.53. The third-order valence-electron chi connectivity index (χ3n) is 20.9. The van der Waals surface area contributed by atoms with E-state index in [9.17, 15) is 0 Å². The van der Waals surface area contributed by atoms with Gasteiger partial charge in [-0.15, -0.1) is 0 Å². The first-order valence-corrected chi connectivity index (χ1v) is 34.5. The lowest BCUT2D eigenvalue weighted by Crippen LogP contribution is -2.02. The third kappa shape index (κ3) is 8.83. The molecule has 0 saturated carbocycles. The summed E-state index contributed by atoms with van der Waals surface area (Å²) in [5.74, 6) is 0.635. The van der Waals surface area contributed by atoms with E-state index in [2.05, 4.69) is 264 Å². The van der Waals surface area contributed by atoms with E-state index in [0.29, 0.717) is 5.82 Å². The standard InChI is InChI=1S/C94H54N4O4/c1-3-15-55(16-4-1)80-54-81(96-94(95-80)56-17-5-2-6-18-56)65-43-66(97-82-39-31-57(61-27-35-72-68-19-7-11-23-86(68)99-90(72)49-61)45-76(82)77-46-58(32-40-83(77)97)62-28-36-73-69-20-8-12-24-87(69)100-91(73)50-62)53-67(44-65)98-84-41-33-59(63-29-37-74-70-21-9-13-25-88(70)101-92(74)51-63)47-78(84)79-48-60(34-42-85(79)98)64-30-38-75-71-22-10-14-26-89(71)102-93(75)52-64/h1-54H. The Hall–Kier alpha value is -13.8. The minimum atomic E-state index is 0.635. The summed E-state index contributed by atoms with van der Waals surface area (Å²) in [5.41, 5.74) is 26.0. The summed E-state index contributed by atoms with van der Waals surface area (Å²) in [6.45, 7) is 0. The van der Waals surface area contributed by atoms with Crippen LogP contribution in [0.1, 0.15) is 0 Å². The van der Waals surface area contributed by atoms with E-state index in [1.807, 2.05) is 72.8 Å². The van der Waals surface area contributed by atoms with Crippen LogP contribution in [0.4, 0.5) is 0 Å². The molecule has 0 spiro atoms. The Kier molecular flexibility index (Phi) is 12.0. The van der Waals surface area contributed by atoms with Crippen LogP contribution in [0.2, 0.25) is 0 Å². The van der Waals surface area contributed by atoms with Crippen LogP contribution in [0.3, 0.4) is 0 Å². The molecule has 7 aromatic heterocycles. The predicted octanol–water partition coefficient (Wildman–Crippen LogP) is 25.9. The van der Waals surface area contributed by atoms with Crippen LogP contribution in [0.5, 0.6) is 0 Å². The Bertz CT molecular complexity index is 6500. The highest BCUT2D eigenvalue weighted by Gasteiger charge is 2.23. The Morgan fingerprint density at radius 3 is 0.794 bits per heavy atom. The zero-order chi connectivity index (χ0) is 66.7. The fourth-order valence-corrected chi connectivity index (χ4v) is 16.0. The second kappa shape index (κ2) is 21.8. The second-order valence-corrected chi connectivity index (χ2v) is 26.8. The molecular weight excluding hydrogens is 1250 g/mol. The Morgan fingerprint density at radius 1 is 0.176 bits per heavy atom. The van der Waals surface area contributed by atoms with Crippen LogP contribution in [0.15, 0.2) is 345 Å². The molecule has 0 saturated heterocycles. The van der Waals surface area contributed by atoms with Gasteiger partial charge in [-0.25, -0.2) is 9.97 Å². The van der Waals surface area contributed by atoms with E-state index in [-0.39, 0.29) is 0 Å². The number of benzene rings is 15. The number of fused-ring (bicyclic) bond motifs is 18. The SMILES string of the molecule is c1ccc(-c2cc(-c3cc(-n4c5ccc(-c6ccc7c(c6)oc6ccccc67)cc5c5cc(-c6ccc7c(c6)oc6ccccc67)ccc54)cc(-n4c5ccc(-c6ccc7c(c6)oc6ccccc67)cc5c5cc(-c6ccc7c(c6)oc6ccccc67)ccc54)c3)nc(-c3ccccc3)n2)cc1. The average molecular weight is 1300 g/mol. The van der Waals surface area contributed by atoms with Crippen molar-refractivity contribution >= 4 is 131 Å². The largest absolute Gasteiger partial charge is 0.456 e. The zero-order valence-electron chi connectivity index (χ0n) is 54.6. The highest BCUT2D eigenvalue weighted by Crippen LogP contribution is 2.45. The Balaban J connectivity index is 0.799. The lowest BCUT2D eigenvalue weighted by molar-refractivity contribution is 0.668. The molecule has 474 valence electrons. The first kappa shape index (κ1) is 56.2. The van der Waals surface area contributed by atoms with Crippen molar-refractivity contribution in [3.8, 4) is 89.8 Å². The summed E-state index contributed by atoms with van der Waals surface area (Å²) in [7, 11) is 0. The average Bonchev–Trinajstić information content (AvgIpc) is 1.56. The van der Waals surface area contributed by atoms with Crippen LogP contribution < -0.4 is 0 Å². The monoisotopic (exact) mass is 1300 g/mol. The molecule has 0 aliphatic carbocycles. The van der Waals surface area contributed by atoms with Crippen molar-refractivity contribution in [2.45, 2.75) is 0 Å². The van der Waals surface area contributed by atoms with Gasteiger partial charge in [0.15, 0.2) is 5.82 Å². The van der Waals surface area contributed by atoms with Gasteiger partial charge in [0.25, 0.3) is 0 Å². The summed E-state index contributed by atoms with van der Waals surface area (Å²) in [5, 5.41) is 13.2. The minimum Gasteiger partial charge on any atom is -0.456 e. The smallest absolute Gasteiger partial charge is 0.160 e. The number of furan rings is 4. The summed E-state index contributed by atoms with van der Waals surface area (Å²) in [6.07, 6.45) is 0. The molecular formula is C94H54N4O4. The molecule has 0 unspecified atom stereocenters. The molecule has 22 rings (SSSR count). The van der Waals surface area contributed by atoms with Crippen molar-refractivity contribution in [1.82, 2.24) is 19.1 Å². The number of rotatable bonds is 9. The first-order chi connectivity index (χ1) is 50.5. The highest BCUT2D eigenvalue weighted by atomic mass is 16.3. The number of aromatic nitrogens is 4. The number of nitrogens with zero attached hydrogens (tertiary/aromatic N) is 4. The summed E-state index contributed by atoms with van der Waals surface area (Å²) < 4.78 is 31.0. The van der Waals surface area contributed by atoms with E-state index in [1.54, 1.807) is 0 Å². The predicted molar refractivity (Wildman–Crippen MR) is 418 cm³/mol. The Morgan fingerprint density at radius 2 is 0.451 bits per heavy atom. The summed E-state index contributed by atoms with van der Waals surface area (Å²) >= 11 is 0.